The standard InChI is InChI=1S/C10H15OSi/c1-12(2,3)11-9-10-7-5-4-6-8-10/h4-9H,1-3H3/q+1. The molecule has 64 valence electrons. The minimum atomic E-state index is -1.40. The quantitative estimate of drug-likeness (QED) is 0.376. The Kier molecular flexibility index (Phi) is 2.81. The van der Waals surface area contributed by atoms with Crippen molar-refractivity contribution in [2.75, 3.05) is 0 Å². The van der Waals surface area contributed by atoms with Gasteiger partial charge in [-0.3, -0.25) is 0 Å². The minimum absolute atomic E-state index is 1.14. The molecular formula is C10H15OSi+. The van der Waals surface area contributed by atoms with Crippen LogP contribution >= 0.6 is 0 Å². The van der Waals surface area contributed by atoms with E-state index in [1.807, 2.05) is 36.6 Å². The van der Waals surface area contributed by atoms with Crippen LogP contribution in [0.3, 0.4) is 0 Å². The minimum Gasteiger partial charge on any atom is -0.378 e. The maximum atomic E-state index is 5.63. The Hall–Kier alpha value is -0.893. The van der Waals surface area contributed by atoms with Crippen LogP contribution < -0.4 is 0 Å². The number of carbonyl (C=O) groups excluding carboxylic acids is 1. The lowest BCUT2D eigenvalue weighted by Gasteiger charge is -1.92. The molecule has 12 heavy (non-hydrogen) atoms. The smallest absolute Gasteiger partial charge is 0.378 e. The molecule has 1 aromatic rings. The van der Waals surface area contributed by atoms with E-state index in [2.05, 4.69) is 19.6 Å². The van der Waals surface area contributed by atoms with Crippen LogP contribution in [-0.2, 0) is 0 Å². The largest absolute Gasteiger partial charge is 0.508 e. The van der Waals surface area contributed by atoms with Gasteiger partial charge in [-0.05, 0) is 12.1 Å². The van der Waals surface area contributed by atoms with Crippen molar-refractivity contribution in [2.24, 2.45) is 0 Å². The highest BCUT2D eigenvalue weighted by Crippen LogP contribution is 2.01. The van der Waals surface area contributed by atoms with E-state index in [-0.39, 0.29) is 0 Å². The highest BCUT2D eigenvalue weighted by molar-refractivity contribution is 6.67. The van der Waals surface area contributed by atoms with Gasteiger partial charge in [0.15, 0.2) is 0 Å². The van der Waals surface area contributed by atoms with Gasteiger partial charge in [0.25, 0.3) is 6.29 Å². The molecule has 0 radical (unpaired) electrons. The SMILES string of the molecule is C[Si](C)(C)[O+]=Cc1ccccc1. The molecule has 0 aliphatic rings. The molecule has 0 saturated heterocycles. The first-order chi connectivity index (χ1) is 5.58. The van der Waals surface area contributed by atoms with E-state index in [4.69, 9.17) is 4.11 Å². The van der Waals surface area contributed by atoms with Crippen LogP contribution in [0, 0.1) is 0 Å². The maximum Gasteiger partial charge on any atom is 0.508 e. The zero-order chi connectivity index (χ0) is 9.03. The fraction of sp³-hybridized carbons (Fsp3) is 0.300. The van der Waals surface area contributed by atoms with Crippen molar-refractivity contribution in [1.29, 1.82) is 0 Å². The van der Waals surface area contributed by atoms with Gasteiger partial charge in [-0.1, -0.05) is 18.2 Å². The third kappa shape index (κ3) is 3.48. The Morgan fingerprint density at radius 1 is 1.08 bits per heavy atom. The van der Waals surface area contributed by atoms with Crippen LogP contribution in [0.4, 0.5) is 0 Å². The Bertz CT molecular complexity index is 259. The molecule has 0 heterocycles. The summed E-state index contributed by atoms with van der Waals surface area (Å²) >= 11 is 0. The molecule has 0 saturated carbocycles. The van der Waals surface area contributed by atoms with Crippen molar-refractivity contribution in [2.45, 2.75) is 19.6 Å². The molecule has 0 atom stereocenters. The number of rotatable bonds is 2. The molecule has 0 aromatic heterocycles. The lowest BCUT2D eigenvalue weighted by Crippen LogP contribution is -2.17. The van der Waals surface area contributed by atoms with Gasteiger partial charge in [-0.15, -0.1) is 0 Å². The summed E-state index contributed by atoms with van der Waals surface area (Å²) in [5, 5.41) is 0. The average Bonchev–Trinajstić information content (AvgIpc) is 2.02. The van der Waals surface area contributed by atoms with E-state index in [9.17, 15) is 0 Å². The molecule has 0 N–H and O–H groups in total. The second-order valence-electron chi connectivity index (χ2n) is 3.76. The first-order valence-corrected chi connectivity index (χ1v) is 7.55. The summed E-state index contributed by atoms with van der Waals surface area (Å²) < 4.78 is 5.63. The fourth-order valence-electron chi connectivity index (χ4n) is 0.776. The molecule has 2 heteroatoms. The number of aldehydes is 1. The van der Waals surface area contributed by atoms with E-state index in [0.717, 1.165) is 5.56 Å². The van der Waals surface area contributed by atoms with Crippen LogP contribution in [0.25, 0.3) is 0 Å². The van der Waals surface area contributed by atoms with Gasteiger partial charge in [0, 0.05) is 19.6 Å². The molecule has 0 bridgehead atoms. The van der Waals surface area contributed by atoms with Gasteiger partial charge < -0.3 is 4.11 Å². The monoisotopic (exact) mass is 179 g/mol. The molecule has 0 aliphatic heterocycles. The number of hydrogen-bond donors (Lipinski definition) is 0. The number of hydrogen-bond acceptors (Lipinski definition) is 0. The zero-order valence-corrected chi connectivity index (χ0v) is 8.87. The lowest BCUT2D eigenvalue weighted by molar-refractivity contribution is -0.0921. The summed E-state index contributed by atoms with van der Waals surface area (Å²) in [5.41, 5.74) is 1.14. The van der Waals surface area contributed by atoms with Crippen molar-refractivity contribution in [3.63, 3.8) is 0 Å². The Morgan fingerprint density at radius 3 is 2.17 bits per heavy atom. The topological polar surface area (TPSA) is 11.3 Å². The van der Waals surface area contributed by atoms with Gasteiger partial charge in [0.1, 0.15) is 0 Å². The van der Waals surface area contributed by atoms with Crippen LogP contribution in [-0.4, -0.2) is 14.6 Å². The van der Waals surface area contributed by atoms with Gasteiger partial charge in [-0.2, -0.15) is 0 Å². The van der Waals surface area contributed by atoms with E-state index >= 15 is 0 Å². The second-order valence-corrected chi connectivity index (χ2v) is 8.22. The van der Waals surface area contributed by atoms with Gasteiger partial charge in [0.05, 0.1) is 5.56 Å². The van der Waals surface area contributed by atoms with Crippen LogP contribution in [0.15, 0.2) is 30.3 Å². The first-order valence-electron chi connectivity index (χ1n) is 4.14. The molecule has 1 aromatic carbocycles. The lowest BCUT2D eigenvalue weighted by atomic mass is 10.2. The van der Waals surface area contributed by atoms with Crippen molar-refractivity contribution in [3.8, 4) is 0 Å². The first kappa shape index (κ1) is 9.20. The van der Waals surface area contributed by atoms with E-state index in [1.54, 1.807) is 0 Å². The Labute approximate surface area is 74.9 Å². The highest BCUT2D eigenvalue weighted by Gasteiger charge is 2.28. The van der Waals surface area contributed by atoms with E-state index in [1.165, 1.54) is 0 Å². The average molecular weight is 179 g/mol. The van der Waals surface area contributed by atoms with E-state index < -0.39 is 8.32 Å². The van der Waals surface area contributed by atoms with Crippen molar-refractivity contribution in [3.05, 3.63) is 35.9 Å². The molecule has 0 spiro atoms. The van der Waals surface area contributed by atoms with Crippen LogP contribution in [0.5, 0.6) is 0 Å². The molecule has 1 nitrogen and oxygen atoms in total. The third-order valence-corrected chi connectivity index (χ3v) is 2.17. The number of benzene rings is 1. The summed E-state index contributed by atoms with van der Waals surface area (Å²) in [5.74, 6) is 0. The van der Waals surface area contributed by atoms with Crippen LogP contribution in [0.2, 0.25) is 19.6 Å². The summed E-state index contributed by atoms with van der Waals surface area (Å²) in [4.78, 5) is 0. The van der Waals surface area contributed by atoms with Crippen LogP contribution in [0.1, 0.15) is 9.68 Å². The molecule has 1 rings (SSSR count). The fourth-order valence-corrected chi connectivity index (χ4v) is 1.27. The molecule has 0 fully saturated rings. The van der Waals surface area contributed by atoms with Gasteiger partial charge in [0.2, 0.25) is 0 Å². The molecule has 0 amide bonds. The van der Waals surface area contributed by atoms with E-state index in [0.29, 0.717) is 0 Å². The van der Waals surface area contributed by atoms with Gasteiger partial charge in [-0.25, -0.2) is 0 Å². The summed E-state index contributed by atoms with van der Waals surface area (Å²) in [6.07, 6.45) is 1.85. The van der Waals surface area contributed by atoms with Crippen molar-refractivity contribution >= 4 is 14.6 Å². The maximum absolute atomic E-state index is 5.63. The molecule has 0 unspecified atom stereocenters. The predicted molar refractivity (Wildman–Crippen MR) is 55.2 cm³/mol. The highest BCUT2D eigenvalue weighted by atomic mass is 28.4. The Morgan fingerprint density at radius 2 is 1.67 bits per heavy atom. The Balaban J connectivity index is 2.71. The molecule has 0 aliphatic carbocycles. The predicted octanol–water partition coefficient (Wildman–Crippen LogP) is 2.87. The molecular weight excluding hydrogens is 164 g/mol. The normalized spacial score (nSPS) is 12.2. The van der Waals surface area contributed by atoms with Gasteiger partial charge >= 0.3 is 8.32 Å². The zero-order valence-electron chi connectivity index (χ0n) is 7.87. The van der Waals surface area contributed by atoms with Crippen molar-refractivity contribution < 1.29 is 4.11 Å². The summed E-state index contributed by atoms with van der Waals surface area (Å²) in [6, 6.07) is 10.1. The summed E-state index contributed by atoms with van der Waals surface area (Å²) in [6.45, 7) is 6.52. The second kappa shape index (κ2) is 3.67. The third-order valence-electron chi connectivity index (χ3n) is 1.35. The summed E-state index contributed by atoms with van der Waals surface area (Å²) in [7, 11) is -1.40. The van der Waals surface area contributed by atoms with Crippen molar-refractivity contribution in [1.82, 2.24) is 0 Å².